The molecule has 0 spiro atoms. The molecule has 1 aliphatic heterocycles. The second kappa shape index (κ2) is 5.99. The number of hydrogen-bond acceptors (Lipinski definition) is 5. The normalized spacial score (nSPS) is 25.4. The molecule has 1 aromatic carbocycles. The Bertz CT molecular complexity index is 989. The maximum atomic E-state index is 12.9. The zero-order valence-corrected chi connectivity index (χ0v) is 15.8. The third-order valence-electron chi connectivity index (χ3n) is 6.10. The molecule has 1 N–H and O–H groups in total. The third kappa shape index (κ3) is 2.59. The van der Waals surface area contributed by atoms with E-state index in [4.69, 9.17) is 0 Å². The average Bonchev–Trinajstić information content (AvgIpc) is 3.37. The molecule has 2 aliphatic rings. The smallest absolute Gasteiger partial charge is 0.183 e. The van der Waals surface area contributed by atoms with Gasteiger partial charge >= 0.3 is 0 Å². The summed E-state index contributed by atoms with van der Waals surface area (Å²) in [6.45, 7) is 3.14. The summed E-state index contributed by atoms with van der Waals surface area (Å²) >= 11 is 1.64. The largest absolute Gasteiger partial charge is 0.303 e. The maximum absolute atomic E-state index is 12.9. The number of rotatable bonds is 4. The van der Waals surface area contributed by atoms with Crippen LogP contribution in [-0.4, -0.2) is 45.5 Å². The predicted octanol–water partition coefficient (Wildman–Crippen LogP) is 3.91. The van der Waals surface area contributed by atoms with E-state index in [2.05, 4.69) is 27.1 Å². The molecule has 3 heterocycles. The van der Waals surface area contributed by atoms with Crippen molar-refractivity contribution in [3.05, 3.63) is 35.0 Å². The maximum Gasteiger partial charge on any atom is 0.183 e. The monoisotopic (exact) mass is 366 g/mol. The van der Waals surface area contributed by atoms with Crippen molar-refractivity contribution in [3.8, 4) is 10.6 Å². The highest BCUT2D eigenvalue weighted by Gasteiger charge is 2.43. The minimum absolute atomic E-state index is 0.175. The molecule has 2 bridgehead atoms. The van der Waals surface area contributed by atoms with E-state index in [1.807, 2.05) is 30.5 Å². The summed E-state index contributed by atoms with van der Waals surface area (Å²) in [5.41, 5.74) is 3.60. The number of fused-ring (bicyclic) bond motifs is 3. The molecule has 2 fully saturated rings. The molecule has 1 saturated carbocycles. The number of aromatic amines is 1. The number of likely N-dealkylation sites (tertiary alicyclic amines) is 1. The molecule has 5 nitrogen and oxygen atoms in total. The van der Waals surface area contributed by atoms with Gasteiger partial charge in [-0.2, -0.15) is 5.10 Å². The molecule has 0 amide bonds. The molecule has 3 atom stereocenters. The molecule has 1 saturated heterocycles. The summed E-state index contributed by atoms with van der Waals surface area (Å²) in [7, 11) is 2.20. The van der Waals surface area contributed by atoms with Crippen LogP contribution in [0, 0.1) is 18.8 Å². The molecule has 6 heteroatoms. The number of carbonyl (C=O) groups excluding carboxylic acids is 1. The zero-order valence-electron chi connectivity index (χ0n) is 15.0. The van der Waals surface area contributed by atoms with Crippen LogP contribution >= 0.6 is 11.3 Å². The van der Waals surface area contributed by atoms with E-state index in [0.717, 1.165) is 40.1 Å². The lowest BCUT2D eigenvalue weighted by molar-refractivity contribution is 0.0927. The third-order valence-corrected chi connectivity index (χ3v) is 7.11. The van der Waals surface area contributed by atoms with E-state index >= 15 is 0 Å². The van der Waals surface area contributed by atoms with Gasteiger partial charge in [-0.25, -0.2) is 4.98 Å². The lowest BCUT2D eigenvalue weighted by Gasteiger charge is -2.27. The van der Waals surface area contributed by atoms with Crippen molar-refractivity contribution in [2.75, 3.05) is 13.6 Å². The van der Waals surface area contributed by atoms with Gasteiger partial charge in [0.2, 0.25) is 0 Å². The Morgan fingerprint density at radius 2 is 2.27 bits per heavy atom. The van der Waals surface area contributed by atoms with Crippen molar-refractivity contribution >= 4 is 28.0 Å². The van der Waals surface area contributed by atoms with Crippen LogP contribution in [0.2, 0.25) is 0 Å². The number of thiazole rings is 1. The molecule has 5 rings (SSSR count). The molecule has 134 valence electrons. The number of ketones is 1. The minimum Gasteiger partial charge on any atom is -0.303 e. The first-order valence-corrected chi connectivity index (χ1v) is 10.1. The number of carbonyl (C=O) groups is 1. The van der Waals surface area contributed by atoms with Gasteiger partial charge in [0, 0.05) is 41.0 Å². The topological polar surface area (TPSA) is 61.9 Å². The van der Waals surface area contributed by atoms with Crippen LogP contribution in [0.15, 0.2) is 23.6 Å². The van der Waals surface area contributed by atoms with Crippen LogP contribution in [0.1, 0.15) is 35.4 Å². The number of piperidine rings is 1. The fourth-order valence-electron chi connectivity index (χ4n) is 4.72. The standard InChI is InChI=1S/C20H22N4OS/c1-11-10-26-20(21-11)12-3-4-16-17(7-12)22-23-19(16)18(25)8-13-5-15-6-14(13)9-24(15)2/h3-4,7,10,13-15H,5-6,8-9H2,1-2H3,(H,22,23)/t13-,14-,15+/m0/s1. The van der Waals surface area contributed by atoms with Gasteiger partial charge in [0.15, 0.2) is 5.78 Å². The number of benzene rings is 1. The molecular weight excluding hydrogens is 344 g/mol. The van der Waals surface area contributed by atoms with Gasteiger partial charge in [0.1, 0.15) is 10.7 Å². The Morgan fingerprint density at radius 1 is 1.38 bits per heavy atom. The summed E-state index contributed by atoms with van der Waals surface area (Å²) < 4.78 is 0. The Labute approximate surface area is 156 Å². The van der Waals surface area contributed by atoms with Gasteiger partial charge in [-0.15, -0.1) is 11.3 Å². The van der Waals surface area contributed by atoms with Gasteiger partial charge in [-0.3, -0.25) is 9.89 Å². The molecule has 3 aromatic rings. The van der Waals surface area contributed by atoms with Gasteiger partial charge in [-0.05, 0) is 50.8 Å². The van der Waals surface area contributed by atoms with Crippen molar-refractivity contribution in [1.82, 2.24) is 20.1 Å². The number of nitrogens with one attached hydrogen (secondary N) is 1. The second-order valence-corrected chi connectivity index (χ2v) is 8.70. The number of nitrogens with zero attached hydrogens (tertiary/aromatic N) is 3. The minimum atomic E-state index is 0.175. The van der Waals surface area contributed by atoms with E-state index in [1.165, 1.54) is 6.42 Å². The fraction of sp³-hybridized carbons (Fsp3) is 0.450. The van der Waals surface area contributed by atoms with E-state index in [-0.39, 0.29) is 5.78 Å². The van der Waals surface area contributed by atoms with Crippen LogP contribution < -0.4 is 0 Å². The average molecular weight is 366 g/mol. The Morgan fingerprint density at radius 3 is 2.96 bits per heavy atom. The van der Waals surface area contributed by atoms with Crippen LogP contribution in [-0.2, 0) is 0 Å². The first-order chi connectivity index (χ1) is 12.6. The van der Waals surface area contributed by atoms with Crippen LogP contribution in [0.4, 0.5) is 0 Å². The van der Waals surface area contributed by atoms with E-state index in [0.29, 0.717) is 30.0 Å². The number of aryl methyl sites for hydroxylation is 1. The summed E-state index contributed by atoms with van der Waals surface area (Å²) in [5, 5.41) is 11.4. The number of hydrogen-bond donors (Lipinski definition) is 1. The molecule has 2 aromatic heterocycles. The van der Waals surface area contributed by atoms with Gasteiger partial charge < -0.3 is 4.90 Å². The van der Waals surface area contributed by atoms with Gasteiger partial charge in [0.25, 0.3) is 0 Å². The Kier molecular flexibility index (Phi) is 3.72. The summed E-state index contributed by atoms with van der Waals surface area (Å²) in [5.74, 6) is 1.38. The van der Waals surface area contributed by atoms with E-state index < -0.39 is 0 Å². The summed E-state index contributed by atoms with van der Waals surface area (Å²) in [4.78, 5) is 19.9. The second-order valence-electron chi connectivity index (χ2n) is 7.84. The summed E-state index contributed by atoms with van der Waals surface area (Å²) in [6, 6.07) is 6.77. The molecular formula is C20H22N4OS. The van der Waals surface area contributed by atoms with Crippen molar-refractivity contribution in [3.63, 3.8) is 0 Å². The first kappa shape index (κ1) is 16.1. The van der Waals surface area contributed by atoms with Crippen LogP contribution in [0.25, 0.3) is 21.5 Å². The highest BCUT2D eigenvalue weighted by molar-refractivity contribution is 7.13. The molecule has 0 unspecified atom stereocenters. The van der Waals surface area contributed by atoms with Crippen molar-refractivity contribution in [1.29, 1.82) is 0 Å². The van der Waals surface area contributed by atoms with Gasteiger partial charge in [-0.1, -0.05) is 6.07 Å². The first-order valence-electron chi connectivity index (χ1n) is 9.22. The van der Waals surface area contributed by atoms with Crippen LogP contribution in [0.3, 0.4) is 0 Å². The van der Waals surface area contributed by atoms with Gasteiger partial charge in [0.05, 0.1) is 5.52 Å². The highest BCUT2D eigenvalue weighted by Crippen LogP contribution is 2.43. The molecule has 0 radical (unpaired) electrons. The number of Topliss-reactive ketones (excluding diaryl/α,β-unsaturated/α-hetero) is 1. The van der Waals surface area contributed by atoms with Crippen molar-refractivity contribution < 1.29 is 4.79 Å². The lowest BCUT2D eigenvalue weighted by Crippen LogP contribution is -2.32. The van der Waals surface area contributed by atoms with Crippen molar-refractivity contribution in [2.45, 2.75) is 32.2 Å². The van der Waals surface area contributed by atoms with E-state index in [1.54, 1.807) is 11.3 Å². The van der Waals surface area contributed by atoms with E-state index in [9.17, 15) is 4.79 Å². The molecule has 26 heavy (non-hydrogen) atoms. The Balaban J connectivity index is 1.38. The fourth-order valence-corrected chi connectivity index (χ4v) is 5.51. The SMILES string of the molecule is Cc1csc(-c2ccc3c(C(=O)C[C@@H]4C[C@@H]5C[C@H]4CN5C)n[nH]c3c2)n1. The van der Waals surface area contributed by atoms with Crippen molar-refractivity contribution in [2.24, 2.45) is 11.8 Å². The lowest BCUT2D eigenvalue weighted by atomic mass is 9.89. The van der Waals surface area contributed by atoms with Crippen LogP contribution in [0.5, 0.6) is 0 Å². The molecule has 1 aliphatic carbocycles. The predicted molar refractivity (Wildman–Crippen MR) is 104 cm³/mol. The zero-order chi connectivity index (χ0) is 17.8. The highest BCUT2D eigenvalue weighted by atomic mass is 32.1. The quantitative estimate of drug-likeness (QED) is 0.711. The Hall–Kier alpha value is -2.05. The summed E-state index contributed by atoms with van der Waals surface area (Å²) in [6.07, 6.45) is 3.04. The number of aromatic nitrogens is 3. The number of H-pyrrole nitrogens is 1.